The molecule has 4 rings (SSSR count). The van der Waals surface area contributed by atoms with Gasteiger partial charge < -0.3 is 0 Å². The van der Waals surface area contributed by atoms with E-state index in [9.17, 15) is 0 Å². The van der Waals surface area contributed by atoms with Gasteiger partial charge in [0.15, 0.2) is 0 Å². The molecule has 0 saturated heterocycles. The van der Waals surface area contributed by atoms with E-state index in [1.807, 2.05) is 54.7 Å². The summed E-state index contributed by atoms with van der Waals surface area (Å²) in [6, 6.07) is 26.6. The third kappa shape index (κ3) is 2.60. The molecule has 0 amide bonds. The van der Waals surface area contributed by atoms with Gasteiger partial charge in [0.05, 0.1) is 5.69 Å². The molecule has 0 atom stereocenters. The predicted octanol–water partition coefficient (Wildman–Crippen LogP) is 6.22. The van der Waals surface area contributed by atoms with Gasteiger partial charge in [0.1, 0.15) is 0 Å². The fourth-order valence-electron chi connectivity index (χ4n) is 2.86. The lowest BCUT2D eigenvalue weighted by Gasteiger charge is -2.10. The Hall–Kier alpha value is -2.64. The van der Waals surface area contributed by atoms with Crippen LogP contribution in [0.4, 0.5) is 0 Å². The molecule has 0 aliphatic heterocycles. The van der Waals surface area contributed by atoms with Crippen LogP contribution >= 0.6 is 11.6 Å². The number of fused-ring (bicyclic) bond motifs is 1. The van der Waals surface area contributed by atoms with Crippen LogP contribution in [0.15, 0.2) is 85.1 Å². The summed E-state index contributed by atoms with van der Waals surface area (Å²) >= 11 is 6.47. The van der Waals surface area contributed by atoms with Crippen LogP contribution in [0.25, 0.3) is 33.2 Å². The number of nitrogens with zero attached hydrogens (tertiary/aromatic N) is 1. The number of pyridine rings is 1. The van der Waals surface area contributed by atoms with Gasteiger partial charge >= 0.3 is 0 Å². The molecule has 0 N–H and O–H groups in total. The Bertz CT molecular complexity index is 960. The number of benzene rings is 3. The molecule has 4 aromatic rings. The van der Waals surface area contributed by atoms with Crippen LogP contribution in [0.3, 0.4) is 0 Å². The molecule has 3 aromatic carbocycles. The quantitative estimate of drug-likeness (QED) is 0.428. The normalized spacial score (nSPS) is 10.8. The maximum absolute atomic E-state index is 6.47. The van der Waals surface area contributed by atoms with Gasteiger partial charge in [-0.2, -0.15) is 0 Å². The smallest absolute Gasteiger partial charge is 0.0702 e. The first-order chi connectivity index (χ1) is 11.3. The Morgan fingerprint density at radius 1 is 0.652 bits per heavy atom. The lowest BCUT2D eigenvalue weighted by atomic mass is 9.99. The first-order valence-electron chi connectivity index (χ1n) is 7.52. The van der Waals surface area contributed by atoms with Gasteiger partial charge in [0.2, 0.25) is 0 Å². The molecular weight excluding hydrogens is 302 g/mol. The summed E-state index contributed by atoms with van der Waals surface area (Å²) in [6.45, 7) is 0. The second-order valence-corrected chi connectivity index (χ2v) is 5.85. The van der Waals surface area contributed by atoms with Gasteiger partial charge in [-0.3, -0.25) is 4.98 Å². The maximum Gasteiger partial charge on any atom is 0.0702 e. The molecule has 0 saturated carbocycles. The minimum Gasteiger partial charge on any atom is -0.256 e. The number of rotatable bonds is 2. The number of hydrogen-bond donors (Lipinski definition) is 0. The molecule has 0 aliphatic carbocycles. The van der Waals surface area contributed by atoms with E-state index in [4.69, 9.17) is 11.6 Å². The average molecular weight is 316 g/mol. The molecule has 1 heterocycles. The zero-order valence-electron chi connectivity index (χ0n) is 12.4. The van der Waals surface area contributed by atoms with E-state index in [-0.39, 0.29) is 0 Å². The Morgan fingerprint density at radius 2 is 1.43 bits per heavy atom. The van der Waals surface area contributed by atoms with Crippen molar-refractivity contribution >= 4 is 22.4 Å². The van der Waals surface area contributed by atoms with Crippen molar-refractivity contribution in [3.8, 4) is 22.4 Å². The molecule has 0 radical (unpaired) electrons. The lowest BCUT2D eigenvalue weighted by molar-refractivity contribution is 1.33. The Balaban J connectivity index is 1.84. The summed E-state index contributed by atoms with van der Waals surface area (Å²) in [7, 11) is 0. The van der Waals surface area contributed by atoms with Crippen molar-refractivity contribution in [1.82, 2.24) is 4.98 Å². The van der Waals surface area contributed by atoms with E-state index in [2.05, 4.69) is 35.3 Å². The van der Waals surface area contributed by atoms with E-state index < -0.39 is 0 Å². The topological polar surface area (TPSA) is 12.9 Å². The van der Waals surface area contributed by atoms with Crippen molar-refractivity contribution in [2.75, 3.05) is 0 Å². The van der Waals surface area contributed by atoms with E-state index >= 15 is 0 Å². The number of aromatic nitrogens is 1. The summed E-state index contributed by atoms with van der Waals surface area (Å²) in [6.07, 6.45) is 1.90. The maximum atomic E-state index is 6.47. The van der Waals surface area contributed by atoms with Crippen molar-refractivity contribution < 1.29 is 0 Å². The minimum atomic E-state index is 0.748. The fraction of sp³-hybridized carbons (Fsp3) is 0. The SMILES string of the molecule is Clc1ccc2ccccc2c1-c1ccc(-c2ccccc2)nc1. The van der Waals surface area contributed by atoms with Gasteiger partial charge in [-0.1, -0.05) is 78.3 Å². The van der Waals surface area contributed by atoms with Crippen LogP contribution in [-0.4, -0.2) is 4.98 Å². The average Bonchev–Trinajstić information content (AvgIpc) is 2.63. The van der Waals surface area contributed by atoms with Crippen LogP contribution in [0.2, 0.25) is 5.02 Å². The van der Waals surface area contributed by atoms with E-state index in [0.29, 0.717) is 0 Å². The molecule has 110 valence electrons. The largest absolute Gasteiger partial charge is 0.256 e. The number of hydrogen-bond acceptors (Lipinski definition) is 1. The van der Waals surface area contributed by atoms with Gasteiger partial charge in [-0.15, -0.1) is 0 Å². The summed E-state index contributed by atoms with van der Waals surface area (Å²) in [4.78, 5) is 4.61. The molecule has 23 heavy (non-hydrogen) atoms. The van der Waals surface area contributed by atoms with Crippen LogP contribution in [0.1, 0.15) is 0 Å². The highest BCUT2D eigenvalue weighted by Crippen LogP contribution is 2.35. The molecule has 0 bridgehead atoms. The van der Waals surface area contributed by atoms with Gasteiger partial charge in [0, 0.05) is 27.9 Å². The van der Waals surface area contributed by atoms with Crippen molar-refractivity contribution in [1.29, 1.82) is 0 Å². The molecule has 0 aliphatic rings. The van der Waals surface area contributed by atoms with Gasteiger partial charge in [-0.05, 0) is 22.9 Å². The summed E-state index contributed by atoms with van der Waals surface area (Å²) in [5, 5.41) is 3.08. The second kappa shape index (κ2) is 5.86. The van der Waals surface area contributed by atoms with Crippen LogP contribution in [0.5, 0.6) is 0 Å². The molecule has 1 aromatic heterocycles. The molecule has 0 spiro atoms. The van der Waals surface area contributed by atoms with Crippen molar-refractivity contribution in [3.05, 3.63) is 90.1 Å². The third-order valence-electron chi connectivity index (χ3n) is 4.00. The van der Waals surface area contributed by atoms with E-state index in [1.165, 1.54) is 5.39 Å². The Morgan fingerprint density at radius 3 is 2.22 bits per heavy atom. The predicted molar refractivity (Wildman–Crippen MR) is 97.6 cm³/mol. The molecule has 0 unspecified atom stereocenters. The van der Waals surface area contributed by atoms with Crippen LogP contribution < -0.4 is 0 Å². The van der Waals surface area contributed by atoms with Crippen LogP contribution in [-0.2, 0) is 0 Å². The van der Waals surface area contributed by atoms with Crippen molar-refractivity contribution in [2.45, 2.75) is 0 Å². The van der Waals surface area contributed by atoms with E-state index in [1.54, 1.807) is 0 Å². The third-order valence-corrected chi connectivity index (χ3v) is 4.31. The molecule has 0 fully saturated rings. The monoisotopic (exact) mass is 315 g/mol. The van der Waals surface area contributed by atoms with Crippen molar-refractivity contribution in [2.24, 2.45) is 0 Å². The fourth-order valence-corrected chi connectivity index (χ4v) is 3.13. The standard InChI is InChI=1S/C21H14ClN/c22-19-12-10-15-6-4-5-9-18(15)21(19)17-11-13-20(23-14-17)16-7-2-1-3-8-16/h1-14H. The Labute approximate surface area is 140 Å². The summed E-state index contributed by atoms with van der Waals surface area (Å²) < 4.78 is 0. The molecule has 2 heteroatoms. The summed E-state index contributed by atoms with van der Waals surface area (Å²) in [5.74, 6) is 0. The minimum absolute atomic E-state index is 0.748. The first-order valence-corrected chi connectivity index (χ1v) is 7.90. The molecular formula is C21H14ClN. The second-order valence-electron chi connectivity index (χ2n) is 5.44. The van der Waals surface area contributed by atoms with Gasteiger partial charge in [0.25, 0.3) is 0 Å². The Kier molecular flexibility index (Phi) is 3.57. The number of halogens is 1. The summed E-state index contributed by atoms with van der Waals surface area (Å²) in [5.41, 5.74) is 4.15. The highest BCUT2D eigenvalue weighted by Gasteiger charge is 2.09. The molecule has 1 nitrogen and oxygen atoms in total. The highest BCUT2D eigenvalue weighted by molar-refractivity contribution is 6.35. The van der Waals surface area contributed by atoms with Gasteiger partial charge in [-0.25, -0.2) is 0 Å². The zero-order chi connectivity index (χ0) is 15.6. The van der Waals surface area contributed by atoms with Crippen LogP contribution in [0, 0.1) is 0 Å². The zero-order valence-corrected chi connectivity index (χ0v) is 13.2. The van der Waals surface area contributed by atoms with E-state index in [0.717, 1.165) is 32.8 Å². The van der Waals surface area contributed by atoms with Crippen molar-refractivity contribution in [3.63, 3.8) is 0 Å². The first kappa shape index (κ1) is 14.0. The lowest BCUT2D eigenvalue weighted by Crippen LogP contribution is -1.87. The highest BCUT2D eigenvalue weighted by atomic mass is 35.5.